The number of hydrogen-bond donors (Lipinski definition) is 2. The third-order valence-corrected chi connectivity index (χ3v) is 3.11. The Morgan fingerprint density at radius 1 is 1.44 bits per heavy atom. The first-order chi connectivity index (χ1) is 7.79. The van der Waals surface area contributed by atoms with Crippen molar-refractivity contribution in [1.82, 2.24) is 9.97 Å². The van der Waals surface area contributed by atoms with Crippen molar-refractivity contribution in [3.63, 3.8) is 0 Å². The lowest BCUT2D eigenvalue weighted by molar-refractivity contribution is 0.790. The molecule has 0 saturated carbocycles. The summed E-state index contributed by atoms with van der Waals surface area (Å²) in [6.45, 7) is 2.56. The summed E-state index contributed by atoms with van der Waals surface area (Å²) < 4.78 is 0. The van der Waals surface area contributed by atoms with Crippen LogP contribution in [0.3, 0.4) is 0 Å². The van der Waals surface area contributed by atoms with Gasteiger partial charge in [0, 0.05) is 35.4 Å². The van der Waals surface area contributed by atoms with E-state index in [4.69, 9.17) is 5.73 Å². The average molecular weight is 234 g/mol. The van der Waals surface area contributed by atoms with Crippen molar-refractivity contribution in [1.29, 1.82) is 0 Å². The van der Waals surface area contributed by atoms with E-state index in [0.29, 0.717) is 12.5 Å². The molecule has 4 nitrogen and oxygen atoms in total. The van der Waals surface area contributed by atoms with Crippen LogP contribution in [0.2, 0.25) is 0 Å². The molecule has 0 aliphatic carbocycles. The third-order valence-electron chi connectivity index (χ3n) is 2.19. The van der Waals surface area contributed by atoms with Gasteiger partial charge < -0.3 is 11.1 Å². The molecular weight excluding hydrogens is 220 g/mol. The predicted molar refractivity (Wildman–Crippen MR) is 67.5 cm³/mol. The zero-order chi connectivity index (χ0) is 11.4. The lowest BCUT2D eigenvalue weighted by Gasteiger charge is -2.10. The second-order valence-electron chi connectivity index (χ2n) is 3.55. The molecule has 1 atom stereocenters. The van der Waals surface area contributed by atoms with Crippen molar-refractivity contribution in [3.8, 4) is 10.4 Å². The van der Waals surface area contributed by atoms with E-state index in [9.17, 15) is 0 Å². The number of anilines is 1. The van der Waals surface area contributed by atoms with Gasteiger partial charge in [0.15, 0.2) is 0 Å². The maximum atomic E-state index is 5.51. The van der Waals surface area contributed by atoms with Gasteiger partial charge in [0.05, 0.1) is 0 Å². The van der Waals surface area contributed by atoms with E-state index in [1.807, 2.05) is 30.8 Å². The van der Waals surface area contributed by atoms with Gasteiger partial charge in [-0.15, -0.1) is 11.3 Å². The smallest absolute Gasteiger partial charge is 0.222 e. The molecule has 1 unspecified atom stereocenters. The number of rotatable bonds is 4. The molecular formula is C11H14N4S. The molecule has 2 heterocycles. The summed E-state index contributed by atoms with van der Waals surface area (Å²) in [6, 6.07) is 4.26. The highest BCUT2D eigenvalue weighted by molar-refractivity contribution is 7.13. The number of nitrogens with one attached hydrogen (secondary N) is 1. The highest BCUT2D eigenvalue weighted by atomic mass is 32.1. The maximum absolute atomic E-state index is 5.51. The topological polar surface area (TPSA) is 63.8 Å². The van der Waals surface area contributed by atoms with Gasteiger partial charge >= 0.3 is 0 Å². The lowest BCUT2D eigenvalue weighted by atomic mass is 10.3. The zero-order valence-corrected chi connectivity index (χ0v) is 9.87. The molecule has 0 fully saturated rings. The van der Waals surface area contributed by atoms with Crippen LogP contribution in [0, 0.1) is 0 Å². The maximum Gasteiger partial charge on any atom is 0.222 e. The minimum absolute atomic E-state index is 0.188. The van der Waals surface area contributed by atoms with Crippen molar-refractivity contribution in [3.05, 3.63) is 29.9 Å². The number of nitrogens with zero attached hydrogens (tertiary/aromatic N) is 2. The van der Waals surface area contributed by atoms with Gasteiger partial charge in [0.1, 0.15) is 0 Å². The summed E-state index contributed by atoms with van der Waals surface area (Å²) in [6.07, 6.45) is 3.65. The van der Waals surface area contributed by atoms with Crippen LogP contribution in [-0.4, -0.2) is 22.6 Å². The zero-order valence-electron chi connectivity index (χ0n) is 9.05. The largest absolute Gasteiger partial charge is 0.351 e. The van der Waals surface area contributed by atoms with Gasteiger partial charge in [0.2, 0.25) is 5.95 Å². The molecule has 5 heteroatoms. The molecule has 2 rings (SSSR count). The van der Waals surface area contributed by atoms with Gasteiger partial charge in [-0.1, -0.05) is 6.07 Å². The van der Waals surface area contributed by atoms with Crippen molar-refractivity contribution < 1.29 is 0 Å². The Morgan fingerprint density at radius 2 is 2.19 bits per heavy atom. The number of nitrogens with two attached hydrogens (primary N) is 1. The first-order valence-electron chi connectivity index (χ1n) is 5.12. The van der Waals surface area contributed by atoms with Gasteiger partial charge in [-0.05, 0) is 18.4 Å². The SMILES string of the molecule is CC(CN)Nc1ncc(-c2cccs2)cn1. The molecule has 0 radical (unpaired) electrons. The highest BCUT2D eigenvalue weighted by Gasteiger charge is 2.03. The van der Waals surface area contributed by atoms with E-state index >= 15 is 0 Å². The molecule has 0 saturated heterocycles. The summed E-state index contributed by atoms with van der Waals surface area (Å²) >= 11 is 1.68. The molecule has 0 aliphatic heterocycles. The van der Waals surface area contributed by atoms with Crippen LogP contribution >= 0.6 is 11.3 Å². The van der Waals surface area contributed by atoms with Crippen LogP contribution in [0.1, 0.15) is 6.92 Å². The van der Waals surface area contributed by atoms with Crippen molar-refractivity contribution in [2.45, 2.75) is 13.0 Å². The van der Waals surface area contributed by atoms with E-state index in [0.717, 1.165) is 5.56 Å². The van der Waals surface area contributed by atoms with E-state index in [1.165, 1.54) is 4.88 Å². The van der Waals surface area contributed by atoms with Gasteiger partial charge in [-0.25, -0.2) is 9.97 Å². The van der Waals surface area contributed by atoms with Crippen LogP contribution in [-0.2, 0) is 0 Å². The van der Waals surface area contributed by atoms with Gasteiger partial charge in [-0.3, -0.25) is 0 Å². The molecule has 2 aromatic rings. The lowest BCUT2D eigenvalue weighted by Crippen LogP contribution is -2.26. The summed E-state index contributed by atoms with van der Waals surface area (Å²) in [5.41, 5.74) is 6.55. The molecule has 0 bridgehead atoms. The molecule has 0 spiro atoms. The Kier molecular flexibility index (Phi) is 3.48. The number of aromatic nitrogens is 2. The van der Waals surface area contributed by atoms with Crippen molar-refractivity contribution in [2.75, 3.05) is 11.9 Å². The highest BCUT2D eigenvalue weighted by Crippen LogP contribution is 2.23. The van der Waals surface area contributed by atoms with E-state index in [2.05, 4.69) is 21.4 Å². The van der Waals surface area contributed by atoms with E-state index in [-0.39, 0.29) is 6.04 Å². The first kappa shape index (κ1) is 11.0. The third kappa shape index (κ3) is 2.56. The number of hydrogen-bond acceptors (Lipinski definition) is 5. The Morgan fingerprint density at radius 3 is 2.75 bits per heavy atom. The molecule has 0 aromatic carbocycles. The van der Waals surface area contributed by atoms with Crippen molar-refractivity contribution in [2.24, 2.45) is 5.73 Å². The molecule has 3 N–H and O–H groups in total. The van der Waals surface area contributed by atoms with Crippen LogP contribution in [0.25, 0.3) is 10.4 Å². The van der Waals surface area contributed by atoms with Crippen LogP contribution in [0.5, 0.6) is 0 Å². The number of thiophene rings is 1. The quantitative estimate of drug-likeness (QED) is 0.849. The Hall–Kier alpha value is -1.46. The van der Waals surface area contributed by atoms with Gasteiger partial charge in [-0.2, -0.15) is 0 Å². The molecule has 0 aliphatic rings. The van der Waals surface area contributed by atoms with Crippen LogP contribution < -0.4 is 11.1 Å². The summed E-state index contributed by atoms with van der Waals surface area (Å²) in [4.78, 5) is 9.68. The van der Waals surface area contributed by atoms with E-state index in [1.54, 1.807) is 11.3 Å². The normalized spacial score (nSPS) is 12.4. The summed E-state index contributed by atoms with van der Waals surface area (Å²) in [7, 11) is 0. The Balaban J connectivity index is 2.11. The molecule has 84 valence electrons. The Bertz CT molecular complexity index is 424. The average Bonchev–Trinajstić information content (AvgIpc) is 2.83. The Labute approximate surface area is 98.6 Å². The second kappa shape index (κ2) is 5.05. The fourth-order valence-electron chi connectivity index (χ4n) is 1.25. The minimum Gasteiger partial charge on any atom is -0.351 e. The monoisotopic (exact) mass is 234 g/mol. The standard InChI is InChI=1S/C11H14N4S/c1-8(5-12)15-11-13-6-9(7-14-11)10-3-2-4-16-10/h2-4,6-8H,5,12H2,1H3,(H,13,14,15). The van der Waals surface area contributed by atoms with E-state index < -0.39 is 0 Å². The molecule has 2 aromatic heterocycles. The van der Waals surface area contributed by atoms with Crippen LogP contribution in [0.15, 0.2) is 29.9 Å². The molecule has 0 amide bonds. The summed E-state index contributed by atoms with van der Waals surface area (Å²) in [5.74, 6) is 0.623. The fourth-order valence-corrected chi connectivity index (χ4v) is 1.95. The second-order valence-corrected chi connectivity index (χ2v) is 4.50. The predicted octanol–water partition coefficient (Wildman–Crippen LogP) is 1.96. The summed E-state index contributed by atoms with van der Waals surface area (Å²) in [5, 5.41) is 5.16. The molecule has 16 heavy (non-hydrogen) atoms. The van der Waals surface area contributed by atoms with Gasteiger partial charge in [0.25, 0.3) is 0 Å². The fraction of sp³-hybridized carbons (Fsp3) is 0.273. The van der Waals surface area contributed by atoms with Crippen molar-refractivity contribution >= 4 is 17.3 Å². The first-order valence-corrected chi connectivity index (χ1v) is 6.00. The van der Waals surface area contributed by atoms with Crippen LogP contribution in [0.4, 0.5) is 5.95 Å². The minimum atomic E-state index is 0.188.